The molecule has 7 nitrogen and oxygen atoms in total. The maximum atomic E-state index is 13.4. The lowest BCUT2D eigenvalue weighted by Gasteiger charge is -2.39. The van der Waals surface area contributed by atoms with E-state index in [1.54, 1.807) is 0 Å². The fourth-order valence-corrected chi connectivity index (χ4v) is 4.98. The lowest BCUT2D eigenvalue weighted by Crippen LogP contribution is -2.51. The number of fused-ring (bicyclic) bond motifs is 1. The van der Waals surface area contributed by atoms with Crippen LogP contribution in [0.15, 0.2) is 115 Å². The van der Waals surface area contributed by atoms with Gasteiger partial charge in [-0.1, -0.05) is 91.0 Å². The van der Waals surface area contributed by atoms with E-state index in [0.717, 1.165) is 13.1 Å². The minimum atomic E-state index is -0.215. The summed E-state index contributed by atoms with van der Waals surface area (Å²) in [5.74, 6) is 1.19. The predicted octanol–water partition coefficient (Wildman–Crippen LogP) is 6.36. The Labute approximate surface area is 227 Å². The van der Waals surface area contributed by atoms with Crippen molar-refractivity contribution < 1.29 is 9.53 Å². The minimum absolute atomic E-state index is 0.134. The van der Waals surface area contributed by atoms with Crippen LogP contribution in [0.5, 0.6) is 11.6 Å². The van der Waals surface area contributed by atoms with Gasteiger partial charge < -0.3 is 9.64 Å². The zero-order chi connectivity index (χ0) is 26.4. The van der Waals surface area contributed by atoms with Gasteiger partial charge in [0.2, 0.25) is 0 Å². The van der Waals surface area contributed by atoms with E-state index in [1.807, 2.05) is 71.6 Å². The van der Waals surface area contributed by atoms with E-state index in [4.69, 9.17) is 4.74 Å². The molecule has 1 aliphatic rings. The number of benzene rings is 4. The first-order valence-corrected chi connectivity index (χ1v) is 13.1. The van der Waals surface area contributed by atoms with E-state index in [-0.39, 0.29) is 18.0 Å². The number of urea groups is 1. The Hall–Kier alpha value is -4.75. The van der Waals surface area contributed by atoms with Crippen LogP contribution >= 0.6 is 0 Å². The van der Waals surface area contributed by atoms with Crippen molar-refractivity contribution in [2.75, 3.05) is 31.5 Å². The summed E-state index contributed by atoms with van der Waals surface area (Å²) in [4.78, 5) is 27.0. The largest absolute Gasteiger partial charge is 0.436 e. The van der Waals surface area contributed by atoms with E-state index < -0.39 is 0 Å². The molecule has 1 fully saturated rings. The normalized spacial score (nSPS) is 13.9. The van der Waals surface area contributed by atoms with Crippen molar-refractivity contribution in [2.24, 2.45) is 0 Å². The van der Waals surface area contributed by atoms with Gasteiger partial charge in [-0.25, -0.2) is 14.8 Å². The maximum Gasteiger partial charge on any atom is 0.323 e. The number of rotatable bonds is 6. The summed E-state index contributed by atoms with van der Waals surface area (Å²) in [5, 5.41) is 2.97. The zero-order valence-electron chi connectivity index (χ0n) is 21.5. The first-order valence-electron chi connectivity index (χ1n) is 13.1. The average molecular weight is 516 g/mol. The highest BCUT2D eigenvalue weighted by Crippen LogP contribution is 2.31. The molecule has 1 saturated heterocycles. The molecule has 2 amide bonds. The van der Waals surface area contributed by atoms with Crippen LogP contribution in [0.4, 0.5) is 10.6 Å². The Balaban J connectivity index is 1.19. The Morgan fingerprint density at radius 3 is 1.77 bits per heavy atom. The second kappa shape index (κ2) is 11.3. The Kier molecular flexibility index (Phi) is 7.14. The van der Waals surface area contributed by atoms with Crippen molar-refractivity contribution in [3.63, 3.8) is 0 Å². The van der Waals surface area contributed by atoms with Crippen molar-refractivity contribution in [3.8, 4) is 11.6 Å². The van der Waals surface area contributed by atoms with Crippen molar-refractivity contribution in [1.82, 2.24) is 19.8 Å². The molecular weight excluding hydrogens is 486 g/mol. The number of ether oxygens (including phenoxy) is 1. The van der Waals surface area contributed by atoms with Crippen molar-refractivity contribution in [1.29, 1.82) is 0 Å². The van der Waals surface area contributed by atoms with Gasteiger partial charge in [0, 0.05) is 26.2 Å². The molecular formula is C32H29N5O2. The van der Waals surface area contributed by atoms with E-state index in [9.17, 15) is 4.79 Å². The molecule has 5 aromatic rings. The summed E-state index contributed by atoms with van der Waals surface area (Å²) in [6.45, 7) is 2.69. The molecule has 2 heterocycles. The third kappa shape index (κ3) is 5.58. The first-order chi connectivity index (χ1) is 19.2. The van der Waals surface area contributed by atoms with E-state index in [2.05, 4.69) is 68.7 Å². The van der Waals surface area contributed by atoms with Gasteiger partial charge in [0.25, 0.3) is 5.88 Å². The standard InChI is InChI=1S/C32H29N5O2/c38-32(35-30-31(39-26-16-8-3-9-17-26)34-28-19-11-10-18-27(28)33-30)37-22-20-36(21-23-37)29(24-12-4-1-5-13-24)25-14-6-2-7-15-25/h1-19,29H,20-23H2,(H,33,35,38). The van der Waals surface area contributed by atoms with Crippen LogP contribution in [0.2, 0.25) is 0 Å². The van der Waals surface area contributed by atoms with E-state index >= 15 is 0 Å². The molecule has 0 unspecified atom stereocenters. The van der Waals surface area contributed by atoms with Crippen LogP contribution in [0, 0.1) is 0 Å². The number of piperazine rings is 1. The van der Waals surface area contributed by atoms with Gasteiger partial charge in [0.1, 0.15) is 5.75 Å². The third-order valence-corrected chi connectivity index (χ3v) is 6.92. The summed E-state index contributed by atoms with van der Waals surface area (Å²) >= 11 is 0. The van der Waals surface area contributed by atoms with Gasteiger partial charge in [0.15, 0.2) is 5.82 Å². The van der Waals surface area contributed by atoms with Crippen molar-refractivity contribution in [3.05, 3.63) is 126 Å². The number of carbonyl (C=O) groups is 1. The number of carbonyl (C=O) groups excluding carboxylic acids is 1. The summed E-state index contributed by atoms with van der Waals surface area (Å²) in [7, 11) is 0. The molecule has 6 rings (SSSR count). The predicted molar refractivity (Wildman–Crippen MR) is 153 cm³/mol. The molecule has 0 radical (unpaired) electrons. The SMILES string of the molecule is O=C(Nc1nc2ccccc2nc1Oc1ccccc1)N1CCN(C(c2ccccc2)c2ccccc2)CC1. The van der Waals surface area contributed by atoms with Crippen LogP contribution in [-0.4, -0.2) is 52.0 Å². The fourth-order valence-electron chi connectivity index (χ4n) is 4.98. The first kappa shape index (κ1) is 24.6. The van der Waals surface area contributed by atoms with Gasteiger partial charge in [-0.2, -0.15) is 0 Å². The molecule has 39 heavy (non-hydrogen) atoms. The number of amides is 2. The van der Waals surface area contributed by atoms with Gasteiger partial charge in [0.05, 0.1) is 17.1 Å². The number of hydrogen-bond donors (Lipinski definition) is 1. The van der Waals surface area contributed by atoms with Gasteiger partial charge in [-0.3, -0.25) is 10.2 Å². The molecule has 1 N–H and O–H groups in total. The molecule has 0 aliphatic carbocycles. The highest BCUT2D eigenvalue weighted by atomic mass is 16.5. The fraction of sp³-hybridized carbons (Fsp3) is 0.156. The highest BCUT2D eigenvalue weighted by molar-refractivity contribution is 5.91. The molecule has 0 spiro atoms. The van der Waals surface area contributed by atoms with Crippen molar-refractivity contribution in [2.45, 2.75) is 6.04 Å². The number of aromatic nitrogens is 2. The van der Waals surface area contributed by atoms with Gasteiger partial charge in [-0.05, 0) is 35.4 Å². The van der Waals surface area contributed by atoms with Crippen LogP contribution in [0.25, 0.3) is 11.0 Å². The molecule has 194 valence electrons. The van der Waals surface area contributed by atoms with Crippen molar-refractivity contribution >= 4 is 22.9 Å². The molecule has 0 atom stereocenters. The van der Waals surface area contributed by atoms with Gasteiger partial charge in [-0.15, -0.1) is 0 Å². The topological polar surface area (TPSA) is 70.6 Å². The number of hydrogen-bond acceptors (Lipinski definition) is 5. The monoisotopic (exact) mass is 515 g/mol. The summed E-state index contributed by atoms with van der Waals surface area (Å²) in [6.07, 6.45) is 0. The summed E-state index contributed by atoms with van der Waals surface area (Å²) in [6, 6.07) is 37.9. The third-order valence-electron chi connectivity index (χ3n) is 6.92. The van der Waals surface area contributed by atoms with Crippen LogP contribution in [0.3, 0.4) is 0 Å². The minimum Gasteiger partial charge on any atom is -0.436 e. The lowest BCUT2D eigenvalue weighted by molar-refractivity contribution is 0.126. The number of nitrogens with one attached hydrogen (secondary N) is 1. The van der Waals surface area contributed by atoms with Crippen LogP contribution < -0.4 is 10.1 Å². The summed E-state index contributed by atoms with van der Waals surface area (Å²) < 4.78 is 6.04. The quantitative estimate of drug-likeness (QED) is 0.285. The second-order valence-electron chi connectivity index (χ2n) is 9.46. The molecule has 1 aliphatic heterocycles. The Morgan fingerprint density at radius 2 is 1.18 bits per heavy atom. The number of anilines is 1. The molecule has 7 heteroatoms. The van der Waals surface area contributed by atoms with E-state index in [1.165, 1.54) is 11.1 Å². The van der Waals surface area contributed by atoms with Crippen LogP contribution in [-0.2, 0) is 0 Å². The Bertz CT molecular complexity index is 1500. The smallest absolute Gasteiger partial charge is 0.323 e. The van der Waals surface area contributed by atoms with Gasteiger partial charge >= 0.3 is 6.03 Å². The van der Waals surface area contributed by atoms with Crippen LogP contribution in [0.1, 0.15) is 17.2 Å². The Morgan fingerprint density at radius 1 is 0.667 bits per heavy atom. The molecule has 4 aromatic carbocycles. The number of para-hydroxylation sites is 3. The van der Waals surface area contributed by atoms with E-state index in [0.29, 0.717) is 35.7 Å². The molecule has 0 saturated carbocycles. The second-order valence-corrected chi connectivity index (χ2v) is 9.46. The maximum absolute atomic E-state index is 13.4. The highest BCUT2D eigenvalue weighted by Gasteiger charge is 2.29. The summed E-state index contributed by atoms with van der Waals surface area (Å²) in [5.41, 5.74) is 3.88. The molecule has 0 bridgehead atoms. The molecule has 1 aromatic heterocycles. The lowest BCUT2D eigenvalue weighted by atomic mass is 9.96. The zero-order valence-corrected chi connectivity index (χ0v) is 21.5. The average Bonchev–Trinajstić information content (AvgIpc) is 2.99. The number of nitrogens with zero attached hydrogens (tertiary/aromatic N) is 4.